The molecule has 0 amide bonds. The molecule has 1 saturated heterocycles. The second-order valence-electron chi connectivity index (χ2n) is 9.61. The van der Waals surface area contributed by atoms with E-state index in [9.17, 15) is 0 Å². The highest BCUT2D eigenvalue weighted by atomic mass is 16.5. The molecule has 0 atom stereocenters. The number of piperazine rings is 1. The van der Waals surface area contributed by atoms with E-state index in [0.717, 1.165) is 66.5 Å². The van der Waals surface area contributed by atoms with Crippen molar-refractivity contribution in [2.75, 3.05) is 38.2 Å². The maximum absolute atomic E-state index is 5.60. The average Bonchev–Trinajstić information content (AvgIpc) is 3.61. The van der Waals surface area contributed by atoms with Crippen LogP contribution in [0.4, 0.5) is 5.82 Å². The van der Waals surface area contributed by atoms with Gasteiger partial charge in [0.15, 0.2) is 11.4 Å². The van der Waals surface area contributed by atoms with Crippen molar-refractivity contribution in [1.82, 2.24) is 44.5 Å². The van der Waals surface area contributed by atoms with Crippen molar-refractivity contribution in [3.8, 4) is 17.0 Å². The molecule has 0 bridgehead atoms. The summed E-state index contributed by atoms with van der Waals surface area (Å²) in [5, 5.41) is 12.6. The molecule has 5 aromatic heterocycles. The zero-order valence-electron chi connectivity index (χ0n) is 21.0. The summed E-state index contributed by atoms with van der Waals surface area (Å²) >= 11 is 0. The van der Waals surface area contributed by atoms with Crippen LogP contribution in [0.2, 0.25) is 0 Å². The van der Waals surface area contributed by atoms with E-state index in [1.54, 1.807) is 16.3 Å². The minimum atomic E-state index is 0.276. The fourth-order valence-electron chi connectivity index (χ4n) is 5.06. The van der Waals surface area contributed by atoms with E-state index in [1.807, 2.05) is 25.5 Å². The summed E-state index contributed by atoms with van der Waals surface area (Å²) in [6.07, 6.45) is 5.50. The Balaban J connectivity index is 1.30. The van der Waals surface area contributed by atoms with Crippen LogP contribution in [-0.4, -0.2) is 77.7 Å². The second kappa shape index (κ2) is 8.90. The third kappa shape index (κ3) is 3.95. The highest BCUT2D eigenvalue weighted by molar-refractivity contribution is 5.90. The Morgan fingerprint density at radius 3 is 2.67 bits per heavy atom. The van der Waals surface area contributed by atoms with Gasteiger partial charge < -0.3 is 14.6 Å². The van der Waals surface area contributed by atoms with Crippen molar-refractivity contribution in [1.29, 1.82) is 0 Å². The van der Waals surface area contributed by atoms with Gasteiger partial charge in [0.1, 0.15) is 12.1 Å². The van der Waals surface area contributed by atoms with Crippen molar-refractivity contribution in [3.63, 3.8) is 0 Å². The van der Waals surface area contributed by atoms with Crippen LogP contribution in [-0.2, 0) is 13.6 Å². The van der Waals surface area contributed by atoms with Crippen LogP contribution >= 0.6 is 0 Å². The minimum absolute atomic E-state index is 0.276. The van der Waals surface area contributed by atoms with Crippen LogP contribution in [0, 0.1) is 0 Å². The second-order valence-corrected chi connectivity index (χ2v) is 9.61. The Morgan fingerprint density at radius 2 is 1.94 bits per heavy atom. The highest BCUT2D eigenvalue weighted by Gasteiger charge is 2.23. The Labute approximate surface area is 208 Å². The average molecular weight is 487 g/mol. The molecule has 0 unspecified atom stereocenters. The van der Waals surface area contributed by atoms with Crippen molar-refractivity contribution >= 4 is 22.5 Å². The maximum Gasteiger partial charge on any atom is 0.197 e. The number of anilines is 1. The lowest BCUT2D eigenvalue weighted by atomic mass is 9.99. The van der Waals surface area contributed by atoms with Gasteiger partial charge in [-0.25, -0.2) is 14.5 Å². The van der Waals surface area contributed by atoms with Gasteiger partial charge in [-0.1, -0.05) is 19.1 Å². The fourth-order valence-corrected chi connectivity index (χ4v) is 5.06. The van der Waals surface area contributed by atoms with Gasteiger partial charge in [-0.2, -0.15) is 5.10 Å². The number of pyridine rings is 2. The van der Waals surface area contributed by atoms with Gasteiger partial charge >= 0.3 is 0 Å². The summed E-state index contributed by atoms with van der Waals surface area (Å²) in [6, 6.07) is 6.27. The molecule has 5 aromatic rings. The van der Waals surface area contributed by atoms with Crippen LogP contribution in [0.1, 0.15) is 31.0 Å². The zero-order chi connectivity index (χ0) is 24.8. The van der Waals surface area contributed by atoms with E-state index in [4.69, 9.17) is 9.72 Å². The molecule has 0 radical (unpaired) electrons. The number of hydrogen-bond donors (Lipinski definition) is 1. The molecule has 186 valence electrons. The number of ether oxygens (including phenoxy) is 1. The lowest BCUT2D eigenvalue weighted by Crippen LogP contribution is -2.46. The lowest BCUT2D eigenvalue weighted by Gasteiger charge is -2.35. The Bertz CT molecular complexity index is 1520. The molecule has 6 heterocycles. The summed E-state index contributed by atoms with van der Waals surface area (Å²) in [6.45, 7) is 9.01. The normalized spacial score (nSPS) is 15.0. The van der Waals surface area contributed by atoms with Gasteiger partial charge in [0.05, 0.1) is 29.5 Å². The van der Waals surface area contributed by atoms with E-state index < -0.39 is 0 Å². The maximum atomic E-state index is 5.60. The van der Waals surface area contributed by atoms with Gasteiger partial charge in [-0.3, -0.25) is 9.58 Å². The lowest BCUT2D eigenvalue weighted by molar-refractivity contribution is 0.246. The predicted octanol–water partition coefficient (Wildman–Crippen LogP) is 2.86. The Hall–Kier alpha value is -3.99. The smallest absolute Gasteiger partial charge is 0.197 e. The number of aromatic amines is 1. The van der Waals surface area contributed by atoms with Gasteiger partial charge in [0, 0.05) is 63.3 Å². The molecule has 1 aliphatic rings. The first-order valence-electron chi connectivity index (χ1n) is 12.2. The molecule has 0 saturated carbocycles. The van der Waals surface area contributed by atoms with Crippen LogP contribution in [0.5, 0.6) is 5.75 Å². The molecular formula is C25H30N10O. The summed E-state index contributed by atoms with van der Waals surface area (Å²) in [5.41, 5.74) is 6.96. The third-order valence-electron chi connectivity index (χ3n) is 6.82. The summed E-state index contributed by atoms with van der Waals surface area (Å²) in [4.78, 5) is 17.9. The van der Waals surface area contributed by atoms with E-state index in [1.165, 1.54) is 11.9 Å². The van der Waals surface area contributed by atoms with Gasteiger partial charge in [-0.05, 0) is 24.1 Å². The molecule has 1 aliphatic heterocycles. The van der Waals surface area contributed by atoms with Crippen molar-refractivity contribution in [3.05, 3.63) is 48.2 Å². The van der Waals surface area contributed by atoms with Crippen LogP contribution in [0.25, 0.3) is 27.9 Å². The molecule has 0 aromatic carbocycles. The SMILES string of the molecule is COc1cc(-c2[nH]c3ccc(N4CCN(Cc5cn(C)nn5)CC4)nc3c2C(C)C)cn2ncnc12. The van der Waals surface area contributed by atoms with Crippen LogP contribution in [0.15, 0.2) is 36.9 Å². The number of nitrogens with zero attached hydrogens (tertiary/aromatic N) is 9. The zero-order valence-corrected chi connectivity index (χ0v) is 21.0. The quantitative estimate of drug-likeness (QED) is 0.391. The largest absolute Gasteiger partial charge is 0.493 e. The summed E-state index contributed by atoms with van der Waals surface area (Å²) in [7, 11) is 3.56. The number of H-pyrrole nitrogens is 1. The number of fused-ring (bicyclic) bond motifs is 2. The third-order valence-corrected chi connectivity index (χ3v) is 6.82. The minimum Gasteiger partial charge on any atom is -0.493 e. The highest BCUT2D eigenvalue weighted by Crippen LogP contribution is 2.37. The molecule has 1 fully saturated rings. The number of methoxy groups -OCH3 is 1. The molecule has 0 aliphatic carbocycles. The topological polar surface area (TPSA) is 105 Å². The molecule has 1 N–H and O–H groups in total. The molecule has 11 heteroatoms. The molecule has 6 rings (SSSR count). The number of aromatic nitrogens is 8. The van der Waals surface area contributed by atoms with Crippen molar-refractivity contribution in [2.24, 2.45) is 7.05 Å². The first-order valence-corrected chi connectivity index (χ1v) is 12.2. The predicted molar refractivity (Wildman–Crippen MR) is 137 cm³/mol. The summed E-state index contributed by atoms with van der Waals surface area (Å²) in [5.74, 6) is 1.97. The first-order chi connectivity index (χ1) is 17.5. The van der Waals surface area contributed by atoms with Crippen molar-refractivity contribution < 1.29 is 4.74 Å². The van der Waals surface area contributed by atoms with Gasteiger partial charge in [0.2, 0.25) is 0 Å². The monoisotopic (exact) mass is 486 g/mol. The van der Waals surface area contributed by atoms with E-state index in [0.29, 0.717) is 11.4 Å². The Kier molecular flexibility index (Phi) is 5.56. The van der Waals surface area contributed by atoms with Gasteiger partial charge in [0.25, 0.3) is 0 Å². The molecule has 36 heavy (non-hydrogen) atoms. The number of nitrogens with one attached hydrogen (secondary N) is 1. The molecule has 0 spiro atoms. The number of hydrogen-bond acceptors (Lipinski definition) is 8. The van der Waals surface area contributed by atoms with Crippen LogP contribution in [0.3, 0.4) is 0 Å². The fraction of sp³-hybridized carbons (Fsp3) is 0.400. The van der Waals surface area contributed by atoms with Crippen molar-refractivity contribution in [2.45, 2.75) is 26.3 Å². The molecular weight excluding hydrogens is 456 g/mol. The number of rotatable bonds is 6. The molecule has 11 nitrogen and oxygen atoms in total. The van der Waals surface area contributed by atoms with E-state index in [2.05, 4.69) is 61.2 Å². The van der Waals surface area contributed by atoms with Gasteiger partial charge in [-0.15, -0.1) is 5.10 Å². The van der Waals surface area contributed by atoms with E-state index >= 15 is 0 Å². The van der Waals surface area contributed by atoms with E-state index in [-0.39, 0.29) is 5.92 Å². The first kappa shape index (κ1) is 22.5. The summed E-state index contributed by atoms with van der Waals surface area (Å²) < 4.78 is 9.10. The Morgan fingerprint density at radius 1 is 1.11 bits per heavy atom. The van der Waals surface area contributed by atoms with Crippen LogP contribution < -0.4 is 9.64 Å². The number of aryl methyl sites for hydroxylation is 1. The standard InChI is InChI=1S/C25H30N10O/c1-16(2)22-23(17-11-20(36-4)25-26-15-27-35(25)12-17)28-19-5-6-21(29-24(19)22)34-9-7-33(8-10-34)14-18-13-32(3)31-30-18/h5-6,11-13,15-16,28H,7-10,14H2,1-4H3.